The highest BCUT2D eigenvalue weighted by atomic mass is 32.1. The standard InChI is InChI=1S/C21H25N3O2S/c1-3-10-23(12-16-8-6-11-26-16)20(25)19-14-27-21-22-18(13-24(19)21)17-9-5-4-7-15(17)2/h4-5,7,9,13-14,16H,3,6,8,10-12H2,1-2H3/t16-/m1/s1. The van der Waals surface area contributed by atoms with Crippen LogP contribution < -0.4 is 0 Å². The lowest BCUT2D eigenvalue weighted by molar-refractivity contribution is 0.0521. The molecule has 0 aliphatic carbocycles. The van der Waals surface area contributed by atoms with Crippen LogP contribution in [0.1, 0.15) is 42.2 Å². The molecule has 1 saturated heterocycles. The van der Waals surface area contributed by atoms with Crippen LogP contribution in [-0.2, 0) is 4.74 Å². The number of rotatable bonds is 6. The van der Waals surface area contributed by atoms with Crippen molar-refractivity contribution >= 4 is 22.2 Å². The van der Waals surface area contributed by atoms with E-state index in [9.17, 15) is 4.79 Å². The van der Waals surface area contributed by atoms with Crippen LogP contribution in [0.15, 0.2) is 35.8 Å². The number of imidazole rings is 1. The van der Waals surface area contributed by atoms with Gasteiger partial charge in [-0.1, -0.05) is 31.2 Å². The Morgan fingerprint density at radius 1 is 1.41 bits per heavy atom. The van der Waals surface area contributed by atoms with Gasteiger partial charge in [0.1, 0.15) is 5.69 Å². The van der Waals surface area contributed by atoms with Crippen LogP contribution in [0, 0.1) is 6.92 Å². The molecule has 0 bridgehead atoms. The molecular weight excluding hydrogens is 358 g/mol. The van der Waals surface area contributed by atoms with Crippen molar-refractivity contribution in [2.24, 2.45) is 0 Å². The Morgan fingerprint density at radius 3 is 3.00 bits per heavy atom. The molecule has 3 aromatic rings. The van der Waals surface area contributed by atoms with Gasteiger partial charge in [-0.3, -0.25) is 9.20 Å². The van der Waals surface area contributed by atoms with Gasteiger partial charge < -0.3 is 9.64 Å². The van der Waals surface area contributed by atoms with Crippen molar-refractivity contribution in [1.82, 2.24) is 14.3 Å². The van der Waals surface area contributed by atoms with Crippen molar-refractivity contribution in [1.29, 1.82) is 0 Å². The van der Waals surface area contributed by atoms with Gasteiger partial charge in [0, 0.05) is 36.8 Å². The smallest absolute Gasteiger partial charge is 0.271 e. The van der Waals surface area contributed by atoms with Crippen molar-refractivity contribution in [2.75, 3.05) is 19.7 Å². The van der Waals surface area contributed by atoms with Crippen LogP contribution in [0.2, 0.25) is 0 Å². The Labute approximate surface area is 163 Å². The van der Waals surface area contributed by atoms with Crippen molar-refractivity contribution in [3.8, 4) is 11.3 Å². The van der Waals surface area contributed by atoms with Crippen LogP contribution in [-0.4, -0.2) is 46.0 Å². The molecule has 0 N–H and O–H groups in total. The lowest BCUT2D eigenvalue weighted by atomic mass is 10.1. The number of hydrogen-bond donors (Lipinski definition) is 0. The van der Waals surface area contributed by atoms with Crippen LogP contribution in [0.4, 0.5) is 0 Å². The number of carbonyl (C=O) groups is 1. The SMILES string of the molecule is CCCN(C[C@H]1CCCO1)C(=O)c1csc2nc(-c3ccccc3C)cn12. The first-order chi connectivity index (χ1) is 13.2. The van der Waals surface area contributed by atoms with Crippen molar-refractivity contribution in [2.45, 2.75) is 39.2 Å². The zero-order valence-corrected chi connectivity index (χ0v) is 16.7. The van der Waals surface area contributed by atoms with E-state index >= 15 is 0 Å². The normalized spacial score (nSPS) is 16.9. The molecule has 5 nitrogen and oxygen atoms in total. The van der Waals surface area contributed by atoms with E-state index in [-0.39, 0.29) is 12.0 Å². The zero-order valence-electron chi connectivity index (χ0n) is 15.9. The summed E-state index contributed by atoms with van der Waals surface area (Å²) in [5.41, 5.74) is 3.89. The van der Waals surface area contributed by atoms with Crippen LogP contribution in [0.3, 0.4) is 0 Å². The van der Waals surface area contributed by atoms with E-state index in [0.29, 0.717) is 12.2 Å². The molecule has 1 fully saturated rings. The Bertz CT molecular complexity index is 940. The van der Waals surface area contributed by atoms with Crippen molar-refractivity contribution in [3.05, 3.63) is 47.1 Å². The molecule has 0 unspecified atom stereocenters. The fourth-order valence-corrected chi connectivity index (χ4v) is 4.52. The van der Waals surface area contributed by atoms with Gasteiger partial charge in [-0.05, 0) is 31.7 Å². The Balaban J connectivity index is 1.63. The third kappa shape index (κ3) is 3.64. The van der Waals surface area contributed by atoms with E-state index in [0.717, 1.165) is 48.6 Å². The maximum Gasteiger partial charge on any atom is 0.271 e. The average molecular weight is 384 g/mol. The third-order valence-corrected chi connectivity index (χ3v) is 5.92. The highest BCUT2D eigenvalue weighted by Gasteiger charge is 2.25. The Morgan fingerprint density at radius 2 is 2.26 bits per heavy atom. The topological polar surface area (TPSA) is 46.8 Å². The second-order valence-corrected chi connectivity index (χ2v) is 7.94. The second-order valence-electron chi connectivity index (χ2n) is 7.10. The molecule has 0 saturated carbocycles. The first kappa shape index (κ1) is 18.2. The number of ether oxygens (including phenoxy) is 1. The number of thiazole rings is 1. The predicted octanol–water partition coefficient (Wildman–Crippen LogP) is 4.40. The van der Waals surface area contributed by atoms with Crippen molar-refractivity contribution in [3.63, 3.8) is 0 Å². The van der Waals surface area contributed by atoms with Crippen LogP contribution in [0.25, 0.3) is 16.2 Å². The fraction of sp³-hybridized carbons (Fsp3) is 0.429. The molecule has 0 radical (unpaired) electrons. The van der Waals surface area contributed by atoms with Crippen LogP contribution >= 0.6 is 11.3 Å². The number of amides is 1. The summed E-state index contributed by atoms with van der Waals surface area (Å²) in [4.78, 5) is 20.8. The number of nitrogens with zero attached hydrogens (tertiary/aromatic N) is 3. The van der Waals surface area contributed by atoms with Gasteiger partial charge in [0.2, 0.25) is 0 Å². The molecule has 1 amide bonds. The van der Waals surface area contributed by atoms with Gasteiger partial charge in [0.05, 0.1) is 11.8 Å². The van der Waals surface area contributed by atoms with Gasteiger partial charge >= 0.3 is 0 Å². The minimum Gasteiger partial charge on any atom is -0.376 e. The van der Waals surface area contributed by atoms with E-state index in [4.69, 9.17) is 9.72 Å². The summed E-state index contributed by atoms with van der Waals surface area (Å²) in [5, 5.41) is 1.92. The summed E-state index contributed by atoms with van der Waals surface area (Å²) in [6, 6.07) is 8.20. The van der Waals surface area contributed by atoms with Gasteiger partial charge in [-0.25, -0.2) is 4.98 Å². The minimum atomic E-state index is 0.0623. The van der Waals surface area contributed by atoms with E-state index in [1.165, 1.54) is 16.9 Å². The summed E-state index contributed by atoms with van der Waals surface area (Å²) in [6.45, 7) is 6.41. The quantitative estimate of drug-likeness (QED) is 0.634. The van der Waals surface area contributed by atoms with Gasteiger partial charge in [-0.2, -0.15) is 0 Å². The largest absolute Gasteiger partial charge is 0.376 e. The van der Waals surface area contributed by atoms with Crippen molar-refractivity contribution < 1.29 is 9.53 Å². The number of benzene rings is 1. The number of hydrogen-bond acceptors (Lipinski definition) is 4. The first-order valence-electron chi connectivity index (χ1n) is 9.61. The van der Waals surface area contributed by atoms with Gasteiger partial charge in [-0.15, -0.1) is 11.3 Å². The lowest BCUT2D eigenvalue weighted by Gasteiger charge is -2.24. The molecule has 6 heteroatoms. The number of carbonyl (C=O) groups excluding carboxylic acids is 1. The van der Waals surface area contributed by atoms with Gasteiger partial charge in [0.15, 0.2) is 4.96 Å². The molecule has 1 aliphatic heterocycles. The summed E-state index contributed by atoms with van der Waals surface area (Å²) < 4.78 is 7.69. The first-order valence-corrected chi connectivity index (χ1v) is 10.5. The van der Waals surface area contributed by atoms with E-state index in [2.05, 4.69) is 26.0 Å². The highest BCUT2D eigenvalue weighted by molar-refractivity contribution is 7.15. The molecule has 142 valence electrons. The zero-order chi connectivity index (χ0) is 18.8. The second kappa shape index (κ2) is 7.82. The predicted molar refractivity (Wildman–Crippen MR) is 108 cm³/mol. The molecular formula is C21H25N3O2S. The molecule has 1 aromatic carbocycles. The molecule has 2 aromatic heterocycles. The average Bonchev–Trinajstić information content (AvgIpc) is 3.38. The molecule has 3 heterocycles. The summed E-state index contributed by atoms with van der Waals surface area (Å²) in [5.74, 6) is 0.0623. The molecule has 4 rings (SSSR count). The molecule has 27 heavy (non-hydrogen) atoms. The minimum absolute atomic E-state index is 0.0623. The Kier molecular flexibility index (Phi) is 5.27. The third-order valence-electron chi connectivity index (χ3n) is 5.08. The maximum absolute atomic E-state index is 13.2. The number of aryl methyl sites for hydroxylation is 1. The molecule has 1 aliphatic rings. The lowest BCUT2D eigenvalue weighted by Crippen LogP contribution is -2.38. The number of aromatic nitrogens is 2. The maximum atomic E-state index is 13.2. The van der Waals surface area contributed by atoms with Gasteiger partial charge in [0.25, 0.3) is 5.91 Å². The molecule has 0 spiro atoms. The van der Waals surface area contributed by atoms with E-state index < -0.39 is 0 Å². The number of fused-ring (bicyclic) bond motifs is 1. The highest BCUT2D eigenvalue weighted by Crippen LogP contribution is 2.27. The van der Waals surface area contributed by atoms with E-state index in [1.54, 1.807) is 0 Å². The summed E-state index contributed by atoms with van der Waals surface area (Å²) in [7, 11) is 0. The van der Waals surface area contributed by atoms with Crippen LogP contribution in [0.5, 0.6) is 0 Å². The van der Waals surface area contributed by atoms with E-state index in [1.807, 2.05) is 33.0 Å². The summed E-state index contributed by atoms with van der Waals surface area (Å²) in [6.07, 6.45) is 5.21. The molecule has 1 atom stereocenters. The summed E-state index contributed by atoms with van der Waals surface area (Å²) >= 11 is 1.51. The monoisotopic (exact) mass is 383 g/mol. The fourth-order valence-electron chi connectivity index (χ4n) is 3.67. The Hall–Kier alpha value is -2.18.